The van der Waals surface area contributed by atoms with Crippen LogP contribution in [0.1, 0.15) is 24.4 Å². The van der Waals surface area contributed by atoms with Crippen LogP contribution in [0.2, 0.25) is 0 Å². The molecule has 0 bridgehead atoms. The van der Waals surface area contributed by atoms with Gasteiger partial charge in [0, 0.05) is 18.4 Å². The summed E-state index contributed by atoms with van der Waals surface area (Å²) in [6.07, 6.45) is 3.48. The van der Waals surface area contributed by atoms with Gasteiger partial charge in [0.15, 0.2) is 0 Å². The van der Waals surface area contributed by atoms with Gasteiger partial charge in [0.25, 0.3) is 0 Å². The lowest BCUT2D eigenvalue weighted by Crippen LogP contribution is -2.20. The van der Waals surface area contributed by atoms with Crippen molar-refractivity contribution >= 4 is 10.0 Å². The SMILES string of the molecule is CNS(=O)(=O)c1ccc(C(C)NCc2ncc[nH]2)cc1. The number of sulfonamides is 1. The smallest absolute Gasteiger partial charge is 0.240 e. The number of H-pyrrole nitrogens is 1. The Kier molecular flexibility index (Phi) is 4.53. The predicted molar refractivity (Wildman–Crippen MR) is 76.5 cm³/mol. The van der Waals surface area contributed by atoms with Crippen LogP contribution < -0.4 is 10.0 Å². The van der Waals surface area contributed by atoms with E-state index in [9.17, 15) is 8.42 Å². The molecular weight excluding hydrogens is 276 g/mol. The molecule has 1 aromatic heterocycles. The molecule has 0 fully saturated rings. The number of aromatic nitrogens is 2. The molecule has 0 saturated carbocycles. The lowest BCUT2D eigenvalue weighted by Gasteiger charge is -2.14. The number of imidazole rings is 1. The number of nitrogens with one attached hydrogen (secondary N) is 3. The maximum atomic E-state index is 11.6. The summed E-state index contributed by atoms with van der Waals surface area (Å²) >= 11 is 0. The number of hydrogen-bond donors (Lipinski definition) is 3. The second-order valence-corrected chi connectivity index (χ2v) is 6.30. The van der Waals surface area contributed by atoms with Gasteiger partial charge in [-0.05, 0) is 31.7 Å². The molecule has 108 valence electrons. The second-order valence-electron chi connectivity index (χ2n) is 4.42. The van der Waals surface area contributed by atoms with Crippen molar-refractivity contribution in [2.75, 3.05) is 7.05 Å². The Labute approximate surface area is 118 Å². The van der Waals surface area contributed by atoms with E-state index in [0.717, 1.165) is 11.4 Å². The molecule has 6 nitrogen and oxygen atoms in total. The molecule has 0 spiro atoms. The molecule has 2 aromatic rings. The number of hydrogen-bond acceptors (Lipinski definition) is 4. The zero-order valence-electron chi connectivity index (χ0n) is 11.4. The minimum atomic E-state index is -3.37. The molecule has 0 saturated heterocycles. The van der Waals surface area contributed by atoms with Crippen LogP contribution in [0.15, 0.2) is 41.6 Å². The normalized spacial score (nSPS) is 13.3. The van der Waals surface area contributed by atoms with Crippen molar-refractivity contribution in [1.29, 1.82) is 0 Å². The highest BCUT2D eigenvalue weighted by atomic mass is 32.2. The maximum absolute atomic E-state index is 11.6. The monoisotopic (exact) mass is 294 g/mol. The number of nitrogens with zero attached hydrogens (tertiary/aromatic N) is 1. The van der Waals surface area contributed by atoms with Gasteiger partial charge in [0.2, 0.25) is 10.0 Å². The third kappa shape index (κ3) is 3.44. The molecule has 0 aliphatic rings. The topological polar surface area (TPSA) is 86.9 Å². The van der Waals surface area contributed by atoms with Crippen molar-refractivity contribution < 1.29 is 8.42 Å². The van der Waals surface area contributed by atoms with E-state index in [1.165, 1.54) is 7.05 Å². The van der Waals surface area contributed by atoms with Gasteiger partial charge in [-0.3, -0.25) is 0 Å². The van der Waals surface area contributed by atoms with Crippen LogP contribution >= 0.6 is 0 Å². The van der Waals surface area contributed by atoms with Gasteiger partial charge in [-0.25, -0.2) is 18.1 Å². The molecule has 1 heterocycles. The van der Waals surface area contributed by atoms with Crippen molar-refractivity contribution in [3.05, 3.63) is 48.0 Å². The first-order valence-corrected chi connectivity index (χ1v) is 7.76. The van der Waals surface area contributed by atoms with Gasteiger partial charge in [-0.15, -0.1) is 0 Å². The molecule has 1 unspecified atom stereocenters. The fourth-order valence-electron chi connectivity index (χ4n) is 1.82. The summed E-state index contributed by atoms with van der Waals surface area (Å²) in [6, 6.07) is 6.93. The quantitative estimate of drug-likeness (QED) is 0.746. The predicted octanol–water partition coefficient (Wildman–Crippen LogP) is 1.17. The third-order valence-corrected chi connectivity index (χ3v) is 4.52. The van der Waals surface area contributed by atoms with Gasteiger partial charge in [-0.1, -0.05) is 12.1 Å². The van der Waals surface area contributed by atoms with E-state index in [1.807, 2.05) is 19.1 Å². The highest BCUT2D eigenvalue weighted by molar-refractivity contribution is 7.89. The molecule has 1 atom stereocenters. The molecule has 0 radical (unpaired) electrons. The lowest BCUT2D eigenvalue weighted by molar-refractivity contribution is 0.561. The van der Waals surface area contributed by atoms with Crippen LogP contribution in [0.4, 0.5) is 0 Å². The van der Waals surface area contributed by atoms with Crippen LogP contribution in [-0.2, 0) is 16.6 Å². The first-order chi connectivity index (χ1) is 9.53. The molecule has 7 heteroatoms. The summed E-state index contributed by atoms with van der Waals surface area (Å²) in [5.74, 6) is 0.867. The van der Waals surface area contributed by atoms with Crippen LogP contribution in [-0.4, -0.2) is 25.4 Å². The molecule has 2 rings (SSSR count). The summed E-state index contributed by atoms with van der Waals surface area (Å²) < 4.78 is 25.5. The Bertz CT molecular complexity index is 636. The van der Waals surface area contributed by atoms with Crippen molar-refractivity contribution in [3.63, 3.8) is 0 Å². The summed E-state index contributed by atoms with van der Waals surface area (Å²) in [5, 5.41) is 3.31. The van der Waals surface area contributed by atoms with Crippen LogP contribution in [0.5, 0.6) is 0 Å². The minimum absolute atomic E-state index is 0.103. The van der Waals surface area contributed by atoms with Gasteiger partial charge in [0.1, 0.15) is 5.82 Å². The average Bonchev–Trinajstić information content (AvgIpc) is 2.98. The Hall–Kier alpha value is -1.70. The summed E-state index contributed by atoms with van der Waals surface area (Å²) in [4.78, 5) is 7.42. The Morgan fingerprint density at radius 1 is 1.30 bits per heavy atom. The molecule has 20 heavy (non-hydrogen) atoms. The van der Waals surface area contributed by atoms with Crippen molar-refractivity contribution in [2.45, 2.75) is 24.4 Å². The molecule has 0 amide bonds. The van der Waals surface area contributed by atoms with Gasteiger partial charge >= 0.3 is 0 Å². The first-order valence-electron chi connectivity index (χ1n) is 6.28. The Balaban J connectivity index is 2.02. The standard InChI is InChI=1S/C13H18N4O2S/c1-10(17-9-13-15-7-8-16-13)11-3-5-12(6-4-11)20(18,19)14-2/h3-8,10,14,17H,9H2,1-2H3,(H,15,16). The molecule has 1 aromatic carbocycles. The van der Waals surface area contributed by atoms with Crippen molar-refractivity contribution in [2.24, 2.45) is 0 Å². The molecular formula is C13H18N4O2S. The summed E-state index contributed by atoms with van der Waals surface area (Å²) in [6.45, 7) is 2.65. The highest BCUT2D eigenvalue weighted by Gasteiger charge is 2.12. The first kappa shape index (κ1) is 14.7. The molecule has 0 aliphatic heterocycles. The van der Waals surface area contributed by atoms with Crippen LogP contribution in [0, 0.1) is 0 Å². The fourth-order valence-corrected chi connectivity index (χ4v) is 2.55. The maximum Gasteiger partial charge on any atom is 0.240 e. The van der Waals surface area contributed by atoms with Crippen molar-refractivity contribution in [3.8, 4) is 0 Å². The van der Waals surface area contributed by atoms with E-state index < -0.39 is 10.0 Å². The van der Waals surface area contributed by atoms with E-state index >= 15 is 0 Å². The van der Waals surface area contributed by atoms with Crippen LogP contribution in [0.25, 0.3) is 0 Å². The van der Waals surface area contributed by atoms with Gasteiger partial charge in [-0.2, -0.15) is 0 Å². The van der Waals surface area contributed by atoms with E-state index in [4.69, 9.17) is 0 Å². The minimum Gasteiger partial charge on any atom is -0.348 e. The van der Waals surface area contributed by atoms with E-state index in [2.05, 4.69) is 20.0 Å². The second kappa shape index (κ2) is 6.17. The number of benzene rings is 1. The van der Waals surface area contributed by atoms with E-state index in [-0.39, 0.29) is 10.9 Å². The van der Waals surface area contributed by atoms with E-state index in [0.29, 0.717) is 6.54 Å². The van der Waals surface area contributed by atoms with E-state index in [1.54, 1.807) is 24.5 Å². The highest BCUT2D eigenvalue weighted by Crippen LogP contribution is 2.16. The molecule has 3 N–H and O–H groups in total. The number of aromatic amines is 1. The number of rotatable bonds is 6. The average molecular weight is 294 g/mol. The Morgan fingerprint density at radius 3 is 2.55 bits per heavy atom. The molecule has 0 aliphatic carbocycles. The van der Waals surface area contributed by atoms with Gasteiger partial charge in [0.05, 0.1) is 11.4 Å². The third-order valence-electron chi connectivity index (χ3n) is 3.09. The Morgan fingerprint density at radius 2 is 2.00 bits per heavy atom. The van der Waals surface area contributed by atoms with Crippen LogP contribution in [0.3, 0.4) is 0 Å². The zero-order valence-corrected chi connectivity index (χ0v) is 12.2. The lowest BCUT2D eigenvalue weighted by atomic mass is 10.1. The summed E-state index contributed by atoms with van der Waals surface area (Å²) in [5.41, 5.74) is 1.02. The van der Waals surface area contributed by atoms with Gasteiger partial charge < -0.3 is 10.3 Å². The largest absolute Gasteiger partial charge is 0.348 e. The van der Waals surface area contributed by atoms with Crippen molar-refractivity contribution in [1.82, 2.24) is 20.0 Å². The summed E-state index contributed by atoms with van der Waals surface area (Å²) in [7, 11) is -1.97. The zero-order chi connectivity index (χ0) is 14.6. The fraction of sp³-hybridized carbons (Fsp3) is 0.308.